The molecular weight excluding hydrogens is 280 g/mol. The smallest absolute Gasteiger partial charge is 0.168 e. The molecule has 0 unspecified atom stereocenters. The van der Waals surface area contributed by atoms with Crippen molar-refractivity contribution in [2.75, 3.05) is 13.2 Å². The minimum atomic E-state index is -0.138. The first-order valence-electron chi connectivity index (χ1n) is 8.49. The van der Waals surface area contributed by atoms with Crippen LogP contribution in [0.4, 0.5) is 0 Å². The minimum absolute atomic E-state index is 0.0808. The summed E-state index contributed by atoms with van der Waals surface area (Å²) in [5.41, 5.74) is 0.657. The van der Waals surface area contributed by atoms with Gasteiger partial charge in [0.15, 0.2) is 23.0 Å². The first-order chi connectivity index (χ1) is 10.7. The second-order valence-corrected chi connectivity index (χ2v) is 5.56. The van der Waals surface area contributed by atoms with Gasteiger partial charge in [-0.25, -0.2) is 0 Å². The van der Waals surface area contributed by atoms with Crippen molar-refractivity contribution in [3.8, 4) is 23.0 Å². The molecule has 0 saturated heterocycles. The van der Waals surface area contributed by atoms with Crippen LogP contribution in [-0.4, -0.2) is 23.4 Å². The van der Waals surface area contributed by atoms with E-state index in [9.17, 15) is 10.2 Å². The van der Waals surface area contributed by atoms with Crippen LogP contribution < -0.4 is 9.47 Å². The molecule has 0 aromatic heterocycles. The molecule has 2 N–H and O–H groups in total. The average molecular weight is 310 g/mol. The minimum Gasteiger partial charge on any atom is -0.504 e. The van der Waals surface area contributed by atoms with E-state index in [0.29, 0.717) is 36.7 Å². The largest absolute Gasteiger partial charge is 0.504 e. The van der Waals surface area contributed by atoms with Gasteiger partial charge in [-0.2, -0.15) is 0 Å². The van der Waals surface area contributed by atoms with E-state index >= 15 is 0 Å². The zero-order valence-electron chi connectivity index (χ0n) is 14.2. The van der Waals surface area contributed by atoms with Gasteiger partial charge in [-0.15, -0.1) is 0 Å². The maximum Gasteiger partial charge on any atom is 0.168 e. The Morgan fingerprint density at radius 2 is 1.45 bits per heavy atom. The van der Waals surface area contributed by atoms with E-state index in [1.54, 1.807) is 0 Å². The molecule has 0 fully saturated rings. The number of phenols is 2. The summed E-state index contributed by atoms with van der Waals surface area (Å²) in [6.45, 7) is 7.47. The fraction of sp³-hybridized carbons (Fsp3) is 0.667. The molecule has 0 heterocycles. The SMILES string of the molecule is CCCCOc1cc(O)c(O)c(CCCC)c1OCCCC. The van der Waals surface area contributed by atoms with E-state index in [1.807, 2.05) is 0 Å². The zero-order valence-corrected chi connectivity index (χ0v) is 14.2. The van der Waals surface area contributed by atoms with Gasteiger partial charge < -0.3 is 19.7 Å². The third kappa shape index (κ3) is 5.32. The van der Waals surface area contributed by atoms with Crippen LogP contribution in [0.25, 0.3) is 0 Å². The normalized spacial score (nSPS) is 10.7. The van der Waals surface area contributed by atoms with Crippen molar-refractivity contribution >= 4 is 0 Å². The second kappa shape index (κ2) is 10.2. The predicted molar refractivity (Wildman–Crippen MR) is 89.2 cm³/mol. The summed E-state index contributed by atoms with van der Waals surface area (Å²) >= 11 is 0. The van der Waals surface area contributed by atoms with Crippen molar-refractivity contribution in [1.29, 1.82) is 0 Å². The summed E-state index contributed by atoms with van der Waals surface area (Å²) in [6, 6.07) is 1.46. The number of hydrogen-bond donors (Lipinski definition) is 2. The highest BCUT2D eigenvalue weighted by Crippen LogP contribution is 2.44. The molecule has 4 nitrogen and oxygen atoms in total. The van der Waals surface area contributed by atoms with Crippen LogP contribution in [0, 0.1) is 0 Å². The fourth-order valence-corrected chi connectivity index (χ4v) is 2.16. The number of hydrogen-bond acceptors (Lipinski definition) is 4. The number of benzene rings is 1. The molecule has 22 heavy (non-hydrogen) atoms. The quantitative estimate of drug-likeness (QED) is 0.455. The van der Waals surface area contributed by atoms with Gasteiger partial charge in [-0.3, -0.25) is 0 Å². The molecule has 0 saturated carbocycles. The lowest BCUT2D eigenvalue weighted by molar-refractivity contribution is 0.255. The molecule has 0 radical (unpaired) electrons. The molecule has 0 amide bonds. The van der Waals surface area contributed by atoms with E-state index < -0.39 is 0 Å². The summed E-state index contributed by atoms with van der Waals surface area (Å²) in [5, 5.41) is 20.1. The molecule has 0 aliphatic rings. The molecule has 1 aromatic carbocycles. The Hall–Kier alpha value is -1.58. The molecule has 0 aliphatic heterocycles. The van der Waals surface area contributed by atoms with Crippen LogP contribution in [0.3, 0.4) is 0 Å². The van der Waals surface area contributed by atoms with E-state index in [1.165, 1.54) is 6.07 Å². The molecule has 0 bridgehead atoms. The molecule has 126 valence electrons. The Morgan fingerprint density at radius 1 is 0.864 bits per heavy atom. The Balaban J connectivity index is 3.06. The summed E-state index contributed by atoms with van der Waals surface area (Å²) in [6.07, 6.45) is 6.58. The summed E-state index contributed by atoms with van der Waals surface area (Å²) in [4.78, 5) is 0. The van der Waals surface area contributed by atoms with E-state index in [2.05, 4.69) is 20.8 Å². The van der Waals surface area contributed by atoms with Crippen molar-refractivity contribution in [1.82, 2.24) is 0 Å². The van der Waals surface area contributed by atoms with Crippen LogP contribution >= 0.6 is 0 Å². The fourth-order valence-electron chi connectivity index (χ4n) is 2.16. The first kappa shape index (κ1) is 18.5. The molecule has 0 spiro atoms. The number of ether oxygens (including phenoxy) is 2. The first-order valence-corrected chi connectivity index (χ1v) is 8.49. The summed E-state index contributed by atoms with van der Waals surface area (Å²) in [5.74, 6) is 0.905. The van der Waals surface area contributed by atoms with Gasteiger partial charge in [0.25, 0.3) is 0 Å². The van der Waals surface area contributed by atoms with E-state index in [0.717, 1.165) is 38.5 Å². The Kier molecular flexibility index (Phi) is 8.56. The van der Waals surface area contributed by atoms with Crippen molar-refractivity contribution in [2.24, 2.45) is 0 Å². The highest BCUT2D eigenvalue weighted by atomic mass is 16.5. The average Bonchev–Trinajstić information content (AvgIpc) is 2.51. The van der Waals surface area contributed by atoms with E-state index in [-0.39, 0.29) is 11.5 Å². The lowest BCUT2D eigenvalue weighted by Gasteiger charge is -2.18. The van der Waals surface area contributed by atoms with Crippen LogP contribution in [0.5, 0.6) is 23.0 Å². The predicted octanol–water partition coefficient (Wildman–Crippen LogP) is 4.80. The molecule has 1 rings (SSSR count). The van der Waals surface area contributed by atoms with Gasteiger partial charge in [-0.05, 0) is 25.7 Å². The van der Waals surface area contributed by atoms with Crippen molar-refractivity contribution in [3.63, 3.8) is 0 Å². The summed E-state index contributed by atoms with van der Waals surface area (Å²) in [7, 11) is 0. The highest BCUT2D eigenvalue weighted by molar-refractivity contribution is 5.60. The van der Waals surface area contributed by atoms with Crippen LogP contribution in [0.2, 0.25) is 0 Å². The van der Waals surface area contributed by atoms with Crippen LogP contribution in [-0.2, 0) is 6.42 Å². The molecule has 1 aromatic rings. The maximum atomic E-state index is 10.2. The van der Waals surface area contributed by atoms with Gasteiger partial charge in [0.2, 0.25) is 0 Å². The van der Waals surface area contributed by atoms with Crippen LogP contribution in [0.15, 0.2) is 6.07 Å². The Bertz CT molecular complexity index is 443. The lowest BCUT2D eigenvalue weighted by atomic mass is 10.0. The Labute approximate surface area is 134 Å². The number of unbranched alkanes of at least 4 members (excludes halogenated alkanes) is 3. The number of phenolic OH excluding ortho intramolecular Hbond substituents is 2. The standard InChI is InChI=1S/C18H30O4/c1-4-7-10-14-17(20)15(19)13-16(21-11-8-5-2)18(14)22-12-9-6-3/h13,19-20H,4-12H2,1-3H3. The second-order valence-electron chi connectivity index (χ2n) is 5.56. The third-order valence-corrected chi connectivity index (χ3v) is 3.57. The number of aromatic hydroxyl groups is 2. The van der Waals surface area contributed by atoms with Crippen molar-refractivity contribution in [2.45, 2.75) is 65.7 Å². The van der Waals surface area contributed by atoms with Gasteiger partial charge in [0.05, 0.1) is 13.2 Å². The molecule has 0 aliphatic carbocycles. The van der Waals surface area contributed by atoms with Gasteiger partial charge in [0, 0.05) is 11.6 Å². The molecular formula is C18H30O4. The van der Waals surface area contributed by atoms with Crippen molar-refractivity contribution < 1.29 is 19.7 Å². The summed E-state index contributed by atoms with van der Waals surface area (Å²) < 4.78 is 11.6. The third-order valence-electron chi connectivity index (χ3n) is 3.57. The lowest BCUT2D eigenvalue weighted by Crippen LogP contribution is -2.05. The van der Waals surface area contributed by atoms with Gasteiger partial charge in [-0.1, -0.05) is 40.0 Å². The van der Waals surface area contributed by atoms with Gasteiger partial charge >= 0.3 is 0 Å². The van der Waals surface area contributed by atoms with Crippen LogP contribution in [0.1, 0.15) is 64.9 Å². The topological polar surface area (TPSA) is 58.9 Å². The monoisotopic (exact) mass is 310 g/mol. The zero-order chi connectivity index (χ0) is 16.4. The number of rotatable bonds is 11. The van der Waals surface area contributed by atoms with Crippen molar-refractivity contribution in [3.05, 3.63) is 11.6 Å². The van der Waals surface area contributed by atoms with Gasteiger partial charge in [0.1, 0.15) is 0 Å². The van der Waals surface area contributed by atoms with E-state index in [4.69, 9.17) is 9.47 Å². The maximum absolute atomic E-state index is 10.2. The Morgan fingerprint density at radius 3 is 2.05 bits per heavy atom. The molecule has 0 atom stereocenters. The molecule has 4 heteroatoms. The highest BCUT2D eigenvalue weighted by Gasteiger charge is 2.19.